The Kier molecular flexibility index (Phi) is 5.50. The Morgan fingerprint density at radius 1 is 1.09 bits per heavy atom. The van der Waals surface area contributed by atoms with Gasteiger partial charge in [-0.05, 0) is 50.3 Å². The van der Waals surface area contributed by atoms with Gasteiger partial charge in [-0.3, -0.25) is 19.1 Å². The molecule has 1 atom stereocenters. The zero-order valence-electron chi connectivity index (χ0n) is 20.6. The van der Waals surface area contributed by atoms with Gasteiger partial charge in [-0.15, -0.1) is 0 Å². The van der Waals surface area contributed by atoms with Crippen LogP contribution in [-0.2, 0) is 15.7 Å². The monoisotopic (exact) mass is 462 g/mol. The number of benzene rings is 1. The highest BCUT2D eigenvalue weighted by molar-refractivity contribution is 6.11. The SMILES string of the molecule is Cc1cc(-n2c(C)cc(C(=O)CN3C(=O)NC(C)(c4ccc(C(C)(C)C)cc4)C3=O)c2C)no1. The van der Waals surface area contributed by atoms with E-state index in [0.717, 1.165) is 16.2 Å². The molecule has 1 aliphatic heterocycles. The van der Waals surface area contributed by atoms with Crippen molar-refractivity contribution in [1.29, 1.82) is 0 Å². The summed E-state index contributed by atoms with van der Waals surface area (Å²) in [6.07, 6.45) is 0. The van der Waals surface area contributed by atoms with Crippen molar-refractivity contribution in [2.75, 3.05) is 6.54 Å². The summed E-state index contributed by atoms with van der Waals surface area (Å²) in [5, 5.41) is 6.81. The van der Waals surface area contributed by atoms with E-state index in [-0.39, 0.29) is 17.7 Å². The maximum absolute atomic E-state index is 13.3. The molecule has 2 aromatic heterocycles. The standard InChI is InChI=1S/C26H30N4O4/c1-15-12-20(17(3)30(15)22-13-16(2)34-28-22)21(31)14-29-23(32)26(7,27-24(29)33)19-10-8-18(9-11-19)25(4,5)6/h8-13H,14H2,1-7H3,(H,27,33). The molecule has 1 fully saturated rings. The van der Waals surface area contributed by atoms with Crippen LogP contribution in [0.5, 0.6) is 0 Å². The molecular formula is C26H30N4O4. The minimum Gasteiger partial charge on any atom is -0.360 e. The number of imide groups is 1. The van der Waals surface area contributed by atoms with Crippen LogP contribution >= 0.6 is 0 Å². The molecule has 3 heterocycles. The van der Waals surface area contributed by atoms with Crippen LogP contribution in [0, 0.1) is 20.8 Å². The average molecular weight is 463 g/mol. The molecule has 1 unspecified atom stereocenters. The quantitative estimate of drug-likeness (QED) is 0.449. The Bertz CT molecular complexity index is 1290. The third-order valence-electron chi connectivity index (χ3n) is 6.48. The van der Waals surface area contributed by atoms with Crippen molar-refractivity contribution in [2.45, 2.75) is 59.4 Å². The number of hydrogen-bond donors (Lipinski definition) is 1. The maximum Gasteiger partial charge on any atom is 0.325 e. The van der Waals surface area contributed by atoms with E-state index in [1.54, 1.807) is 32.9 Å². The van der Waals surface area contributed by atoms with Gasteiger partial charge in [0.15, 0.2) is 11.6 Å². The minimum absolute atomic E-state index is 0.0299. The summed E-state index contributed by atoms with van der Waals surface area (Å²) in [7, 11) is 0. The van der Waals surface area contributed by atoms with E-state index in [1.165, 1.54) is 0 Å². The molecule has 0 saturated carbocycles. The number of rotatable bonds is 5. The second-order valence-corrected chi connectivity index (χ2v) is 10.1. The van der Waals surface area contributed by atoms with Gasteiger partial charge in [0.25, 0.3) is 5.91 Å². The van der Waals surface area contributed by atoms with Gasteiger partial charge in [-0.2, -0.15) is 0 Å². The highest BCUT2D eigenvalue weighted by atomic mass is 16.5. The Hall–Kier alpha value is -3.68. The zero-order valence-corrected chi connectivity index (χ0v) is 20.6. The summed E-state index contributed by atoms with van der Waals surface area (Å²) in [5.74, 6) is 0.461. The fourth-order valence-electron chi connectivity index (χ4n) is 4.42. The summed E-state index contributed by atoms with van der Waals surface area (Å²) >= 11 is 0. The van der Waals surface area contributed by atoms with Crippen LogP contribution in [0.4, 0.5) is 4.79 Å². The van der Waals surface area contributed by atoms with Crippen LogP contribution in [0.3, 0.4) is 0 Å². The first-order valence-corrected chi connectivity index (χ1v) is 11.2. The van der Waals surface area contributed by atoms with Gasteiger partial charge in [0, 0.05) is 23.0 Å². The number of ketones is 1. The van der Waals surface area contributed by atoms with Crippen molar-refractivity contribution in [3.63, 3.8) is 0 Å². The Labute approximate surface area is 198 Å². The third-order valence-corrected chi connectivity index (χ3v) is 6.48. The average Bonchev–Trinajstić information content (AvgIpc) is 3.38. The summed E-state index contributed by atoms with van der Waals surface area (Å²) in [6.45, 7) is 13.1. The molecule has 0 spiro atoms. The second kappa shape index (κ2) is 7.97. The highest BCUT2D eigenvalue weighted by Gasteiger charge is 2.49. The first kappa shape index (κ1) is 23.5. The molecule has 3 amide bonds. The molecule has 3 aromatic rings. The molecule has 178 valence electrons. The van der Waals surface area contributed by atoms with Gasteiger partial charge in [-0.25, -0.2) is 4.79 Å². The summed E-state index contributed by atoms with van der Waals surface area (Å²) in [6, 6.07) is 10.6. The van der Waals surface area contributed by atoms with Gasteiger partial charge in [0.1, 0.15) is 11.3 Å². The predicted octanol–water partition coefficient (Wildman–Crippen LogP) is 4.34. The number of hydrogen-bond acceptors (Lipinski definition) is 5. The Balaban J connectivity index is 1.58. The Morgan fingerprint density at radius 2 is 1.74 bits per heavy atom. The van der Waals surface area contributed by atoms with Gasteiger partial charge in [0.2, 0.25) is 0 Å². The molecule has 0 aliphatic carbocycles. The van der Waals surface area contributed by atoms with Crippen molar-refractivity contribution < 1.29 is 18.9 Å². The van der Waals surface area contributed by atoms with E-state index in [9.17, 15) is 14.4 Å². The van der Waals surface area contributed by atoms with Crippen LogP contribution in [0.15, 0.2) is 40.9 Å². The van der Waals surface area contributed by atoms with Crippen molar-refractivity contribution in [3.05, 3.63) is 70.2 Å². The van der Waals surface area contributed by atoms with Crippen LogP contribution in [0.1, 0.15) is 66.3 Å². The number of carbonyl (C=O) groups is 3. The fraction of sp³-hybridized carbons (Fsp3) is 0.385. The van der Waals surface area contributed by atoms with Crippen molar-refractivity contribution in [3.8, 4) is 5.82 Å². The van der Waals surface area contributed by atoms with Gasteiger partial charge in [0.05, 0.1) is 6.54 Å². The van der Waals surface area contributed by atoms with Crippen molar-refractivity contribution in [1.82, 2.24) is 19.9 Å². The second-order valence-electron chi connectivity index (χ2n) is 10.1. The van der Waals surface area contributed by atoms with Crippen LogP contribution in [0.25, 0.3) is 5.82 Å². The predicted molar refractivity (Wildman–Crippen MR) is 127 cm³/mol. The lowest BCUT2D eigenvalue weighted by atomic mass is 9.84. The lowest BCUT2D eigenvalue weighted by Crippen LogP contribution is -2.41. The van der Waals surface area contributed by atoms with Crippen molar-refractivity contribution >= 4 is 17.7 Å². The zero-order chi connectivity index (χ0) is 25.0. The molecule has 1 N–H and O–H groups in total. The number of Topliss-reactive ketones (excluding diaryl/α,β-unsaturated/α-hetero) is 1. The fourth-order valence-corrected chi connectivity index (χ4v) is 4.42. The number of nitrogens with one attached hydrogen (secondary N) is 1. The molecule has 1 saturated heterocycles. The number of aromatic nitrogens is 2. The number of amides is 3. The third kappa shape index (κ3) is 3.83. The van der Waals surface area contributed by atoms with Gasteiger partial charge < -0.3 is 9.84 Å². The van der Waals surface area contributed by atoms with Crippen LogP contribution < -0.4 is 5.32 Å². The summed E-state index contributed by atoms with van der Waals surface area (Å²) < 4.78 is 6.98. The summed E-state index contributed by atoms with van der Waals surface area (Å²) in [5.41, 5.74) is 2.44. The largest absolute Gasteiger partial charge is 0.360 e. The first-order chi connectivity index (χ1) is 15.8. The lowest BCUT2D eigenvalue weighted by molar-refractivity contribution is -0.130. The lowest BCUT2D eigenvalue weighted by Gasteiger charge is -2.24. The van der Waals surface area contributed by atoms with E-state index in [4.69, 9.17) is 4.52 Å². The Morgan fingerprint density at radius 3 is 2.29 bits per heavy atom. The van der Waals surface area contributed by atoms with Gasteiger partial charge >= 0.3 is 6.03 Å². The molecule has 1 aliphatic rings. The normalized spacial score (nSPS) is 18.5. The number of carbonyl (C=O) groups excluding carboxylic acids is 3. The minimum atomic E-state index is -1.23. The molecule has 34 heavy (non-hydrogen) atoms. The van der Waals surface area contributed by atoms with E-state index in [2.05, 4.69) is 31.2 Å². The van der Waals surface area contributed by atoms with Crippen LogP contribution in [0.2, 0.25) is 0 Å². The molecule has 8 nitrogen and oxygen atoms in total. The van der Waals surface area contributed by atoms with E-state index in [0.29, 0.717) is 28.4 Å². The van der Waals surface area contributed by atoms with E-state index in [1.807, 2.05) is 35.8 Å². The van der Waals surface area contributed by atoms with E-state index >= 15 is 0 Å². The topological polar surface area (TPSA) is 97.4 Å². The smallest absolute Gasteiger partial charge is 0.325 e. The number of urea groups is 1. The molecule has 1 aromatic carbocycles. The number of nitrogens with zero attached hydrogens (tertiary/aromatic N) is 3. The highest BCUT2D eigenvalue weighted by Crippen LogP contribution is 2.31. The van der Waals surface area contributed by atoms with Gasteiger partial charge in [-0.1, -0.05) is 50.2 Å². The molecule has 0 radical (unpaired) electrons. The van der Waals surface area contributed by atoms with Crippen molar-refractivity contribution in [2.24, 2.45) is 0 Å². The molecular weight excluding hydrogens is 432 g/mol. The number of aryl methyl sites for hydroxylation is 2. The summed E-state index contributed by atoms with van der Waals surface area (Å²) in [4.78, 5) is 40.3. The van der Waals surface area contributed by atoms with Crippen LogP contribution in [-0.4, -0.2) is 38.9 Å². The molecule has 8 heteroatoms. The molecule has 0 bridgehead atoms. The van der Waals surface area contributed by atoms with E-state index < -0.39 is 17.5 Å². The molecule has 4 rings (SSSR count). The maximum atomic E-state index is 13.3. The first-order valence-electron chi connectivity index (χ1n) is 11.2.